The average molecular weight is 593 g/mol. The van der Waals surface area contributed by atoms with Crippen LogP contribution in [0.4, 0.5) is 28.0 Å². The Morgan fingerprint density at radius 1 is 1.10 bits per heavy atom. The maximum atomic E-state index is 14.5. The standard InChI is InChI=1S/C29H32F4N4O5/c1-16-7-5-6-8-21(16)24(25(39)34-19-12-29(32,33)13-19)37(20-10-17(30)9-18(31)11-20)26(40)22-14-36(15-23(38)35-22)27(41)42-28(2,3)4/h5-11,19,22,24H,12-15H2,1-4H3,(H,34,39)(H,35,38)/t22-,24?/m0/s1. The van der Waals surface area contributed by atoms with Crippen LogP contribution in [0.25, 0.3) is 0 Å². The largest absolute Gasteiger partial charge is 0.444 e. The summed E-state index contributed by atoms with van der Waals surface area (Å²) >= 11 is 0. The second kappa shape index (κ2) is 11.6. The Bertz CT molecular complexity index is 1370. The van der Waals surface area contributed by atoms with Gasteiger partial charge in [-0.2, -0.15) is 0 Å². The Labute approximate surface area is 240 Å². The van der Waals surface area contributed by atoms with Crippen molar-refractivity contribution in [3.8, 4) is 0 Å². The Hall–Kier alpha value is -4.16. The van der Waals surface area contributed by atoms with Crippen molar-refractivity contribution >= 4 is 29.5 Å². The number of benzene rings is 2. The van der Waals surface area contributed by atoms with Crippen LogP contribution in [0.5, 0.6) is 0 Å². The van der Waals surface area contributed by atoms with E-state index in [-0.39, 0.29) is 17.8 Å². The third kappa shape index (κ3) is 7.18. The number of alkyl halides is 2. The fourth-order valence-electron chi connectivity index (χ4n) is 4.93. The number of aryl methyl sites for hydroxylation is 1. The van der Waals surface area contributed by atoms with Crippen molar-refractivity contribution in [3.63, 3.8) is 0 Å². The summed E-state index contributed by atoms with van der Waals surface area (Å²) in [4.78, 5) is 55.2. The molecule has 0 spiro atoms. The van der Waals surface area contributed by atoms with Crippen LogP contribution in [0.3, 0.4) is 0 Å². The van der Waals surface area contributed by atoms with Crippen LogP contribution in [-0.4, -0.2) is 65.4 Å². The topological polar surface area (TPSA) is 108 Å². The van der Waals surface area contributed by atoms with Crippen LogP contribution in [0.15, 0.2) is 42.5 Å². The van der Waals surface area contributed by atoms with Crippen molar-refractivity contribution in [3.05, 3.63) is 65.2 Å². The van der Waals surface area contributed by atoms with Crippen molar-refractivity contribution in [1.82, 2.24) is 15.5 Å². The van der Waals surface area contributed by atoms with Gasteiger partial charge in [0.25, 0.3) is 11.8 Å². The van der Waals surface area contributed by atoms with Gasteiger partial charge in [0.05, 0.1) is 12.2 Å². The summed E-state index contributed by atoms with van der Waals surface area (Å²) in [6.07, 6.45) is -2.08. The van der Waals surface area contributed by atoms with Crippen molar-refractivity contribution in [2.24, 2.45) is 0 Å². The van der Waals surface area contributed by atoms with Gasteiger partial charge in [-0.1, -0.05) is 24.3 Å². The first-order chi connectivity index (χ1) is 19.5. The zero-order valence-corrected chi connectivity index (χ0v) is 23.5. The molecule has 1 saturated heterocycles. The fourth-order valence-corrected chi connectivity index (χ4v) is 4.93. The third-order valence-corrected chi connectivity index (χ3v) is 6.81. The molecule has 0 radical (unpaired) electrons. The van der Waals surface area contributed by atoms with Crippen LogP contribution < -0.4 is 15.5 Å². The van der Waals surface area contributed by atoms with E-state index in [1.165, 1.54) is 6.07 Å². The summed E-state index contributed by atoms with van der Waals surface area (Å²) in [5.41, 5.74) is -0.481. The molecule has 1 unspecified atom stereocenters. The maximum absolute atomic E-state index is 14.5. The van der Waals surface area contributed by atoms with Gasteiger partial charge in [0.15, 0.2) is 0 Å². The summed E-state index contributed by atoms with van der Waals surface area (Å²) in [5, 5.41) is 5.00. The van der Waals surface area contributed by atoms with Crippen LogP contribution >= 0.6 is 0 Å². The number of rotatable bonds is 6. The second-order valence-electron chi connectivity index (χ2n) is 11.5. The molecule has 13 heteroatoms. The number of carbonyl (C=O) groups excluding carboxylic acids is 4. The highest BCUT2D eigenvalue weighted by molar-refractivity contribution is 6.06. The zero-order valence-electron chi connectivity index (χ0n) is 23.5. The molecule has 2 aliphatic rings. The lowest BCUT2D eigenvalue weighted by Gasteiger charge is -2.40. The molecule has 4 rings (SSSR count). The molecule has 1 aliphatic carbocycles. The van der Waals surface area contributed by atoms with E-state index < -0.39 is 84.5 Å². The Kier molecular flexibility index (Phi) is 8.51. The molecule has 0 aromatic heterocycles. The Balaban J connectivity index is 1.77. The van der Waals surface area contributed by atoms with E-state index in [9.17, 15) is 36.7 Å². The van der Waals surface area contributed by atoms with E-state index in [0.29, 0.717) is 11.6 Å². The molecular formula is C29H32F4N4O5. The molecule has 2 fully saturated rings. The Morgan fingerprint density at radius 2 is 1.71 bits per heavy atom. The summed E-state index contributed by atoms with van der Waals surface area (Å²) in [5.74, 6) is -7.58. The molecule has 2 atom stereocenters. The molecule has 2 N–H and O–H groups in total. The highest BCUT2D eigenvalue weighted by Crippen LogP contribution is 2.38. The summed E-state index contributed by atoms with van der Waals surface area (Å²) in [6, 6.07) is 4.78. The molecule has 1 saturated carbocycles. The van der Waals surface area contributed by atoms with Gasteiger partial charge in [-0.3, -0.25) is 24.2 Å². The lowest BCUT2D eigenvalue weighted by molar-refractivity contribution is -0.135. The maximum Gasteiger partial charge on any atom is 0.410 e. The number of anilines is 1. The normalized spacial score (nSPS) is 19.3. The van der Waals surface area contributed by atoms with Gasteiger partial charge in [0.2, 0.25) is 11.8 Å². The van der Waals surface area contributed by atoms with Gasteiger partial charge >= 0.3 is 6.09 Å². The number of nitrogens with zero attached hydrogens (tertiary/aromatic N) is 2. The van der Waals surface area contributed by atoms with Gasteiger partial charge in [-0.15, -0.1) is 0 Å². The molecule has 0 bridgehead atoms. The second-order valence-corrected chi connectivity index (χ2v) is 11.5. The monoisotopic (exact) mass is 592 g/mol. The summed E-state index contributed by atoms with van der Waals surface area (Å²) in [6.45, 7) is 5.74. The van der Waals surface area contributed by atoms with Gasteiger partial charge in [-0.25, -0.2) is 22.4 Å². The Morgan fingerprint density at radius 3 is 2.29 bits per heavy atom. The fraction of sp³-hybridized carbons (Fsp3) is 0.448. The van der Waals surface area contributed by atoms with E-state index in [4.69, 9.17) is 4.74 Å². The number of carbonyl (C=O) groups is 4. The lowest BCUT2D eigenvalue weighted by atomic mass is 9.87. The van der Waals surface area contributed by atoms with Gasteiger partial charge in [0, 0.05) is 24.9 Å². The van der Waals surface area contributed by atoms with Crippen LogP contribution in [-0.2, 0) is 19.1 Å². The molecule has 42 heavy (non-hydrogen) atoms. The van der Waals surface area contributed by atoms with Gasteiger partial charge in [-0.05, 0) is 51.0 Å². The minimum absolute atomic E-state index is 0.255. The smallest absolute Gasteiger partial charge is 0.410 e. The molecule has 1 aliphatic heterocycles. The molecule has 1 heterocycles. The van der Waals surface area contributed by atoms with E-state index in [2.05, 4.69) is 10.6 Å². The molecular weight excluding hydrogens is 560 g/mol. The number of halogens is 4. The van der Waals surface area contributed by atoms with E-state index in [1.807, 2.05) is 0 Å². The average Bonchev–Trinajstić information content (AvgIpc) is 2.84. The molecule has 9 nitrogen and oxygen atoms in total. The number of amides is 4. The highest BCUT2D eigenvalue weighted by atomic mass is 19.3. The quantitative estimate of drug-likeness (QED) is 0.494. The summed E-state index contributed by atoms with van der Waals surface area (Å²) in [7, 11) is 0. The minimum Gasteiger partial charge on any atom is -0.444 e. The van der Waals surface area contributed by atoms with Gasteiger partial charge in [0.1, 0.15) is 35.9 Å². The van der Waals surface area contributed by atoms with Crippen molar-refractivity contribution in [2.45, 2.75) is 70.2 Å². The van der Waals surface area contributed by atoms with Crippen molar-refractivity contribution < 1.29 is 41.5 Å². The van der Waals surface area contributed by atoms with E-state index in [1.54, 1.807) is 45.9 Å². The SMILES string of the molecule is Cc1ccccc1C(C(=O)NC1CC(F)(F)C1)N(C(=O)[C@@H]1CN(C(=O)OC(C)(C)C)CC(=O)N1)c1cc(F)cc(F)c1. The van der Waals surface area contributed by atoms with E-state index >= 15 is 0 Å². The number of hydrogen-bond acceptors (Lipinski definition) is 5. The first kappa shape index (κ1) is 30.8. The number of ether oxygens (including phenoxy) is 1. The zero-order chi connectivity index (χ0) is 31.0. The minimum atomic E-state index is -2.95. The first-order valence-electron chi connectivity index (χ1n) is 13.3. The summed E-state index contributed by atoms with van der Waals surface area (Å²) < 4.78 is 61.4. The van der Waals surface area contributed by atoms with Crippen molar-refractivity contribution in [2.75, 3.05) is 18.0 Å². The number of hydrogen-bond donors (Lipinski definition) is 2. The molecule has 2 aromatic rings. The first-order valence-corrected chi connectivity index (χ1v) is 13.3. The number of piperazine rings is 1. The van der Waals surface area contributed by atoms with Crippen LogP contribution in [0.1, 0.15) is 50.8 Å². The van der Waals surface area contributed by atoms with E-state index in [0.717, 1.165) is 21.9 Å². The van der Waals surface area contributed by atoms with Gasteiger partial charge < -0.3 is 15.4 Å². The molecule has 226 valence electrons. The molecule has 2 aromatic carbocycles. The molecule has 4 amide bonds. The lowest BCUT2D eigenvalue weighted by Crippen LogP contribution is -2.63. The van der Waals surface area contributed by atoms with Crippen LogP contribution in [0.2, 0.25) is 0 Å². The third-order valence-electron chi connectivity index (χ3n) is 6.81. The predicted octanol–water partition coefficient (Wildman–Crippen LogP) is 4.00. The predicted molar refractivity (Wildman–Crippen MR) is 144 cm³/mol. The number of nitrogens with one attached hydrogen (secondary N) is 2. The van der Waals surface area contributed by atoms with Crippen molar-refractivity contribution in [1.29, 1.82) is 0 Å². The highest BCUT2D eigenvalue weighted by Gasteiger charge is 2.48. The van der Waals surface area contributed by atoms with Crippen LogP contribution in [0, 0.1) is 18.6 Å².